The summed E-state index contributed by atoms with van der Waals surface area (Å²) in [6, 6.07) is 6.48. The predicted molar refractivity (Wildman–Crippen MR) is 122 cm³/mol. The highest BCUT2D eigenvalue weighted by atomic mass is 15.3. The van der Waals surface area contributed by atoms with Gasteiger partial charge in [0.1, 0.15) is 0 Å². The van der Waals surface area contributed by atoms with Gasteiger partial charge in [-0.3, -0.25) is 9.58 Å². The molecule has 29 heavy (non-hydrogen) atoms. The van der Waals surface area contributed by atoms with Gasteiger partial charge < -0.3 is 10.6 Å². The molecule has 2 aromatic rings. The number of fused-ring (bicyclic) bond motifs is 1. The van der Waals surface area contributed by atoms with E-state index >= 15 is 0 Å². The number of nitrogens with zero attached hydrogens (tertiary/aromatic N) is 3. The average Bonchev–Trinajstić information content (AvgIpc) is 3.00. The maximum Gasteiger partial charge on any atom is 0.0792 e. The third-order valence-electron chi connectivity index (χ3n) is 6.31. The van der Waals surface area contributed by atoms with Crippen molar-refractivity contribution < 1.29 is 0 Å². The Morgan fingerprint density at radius 3 is 2.72 bits per heavy atom. The Morgan fingerprint density at radius 1 is 1.24 bits per heavy atom. The molecule has 1 atom stereocenters. The van der Waals surface area contributed by atoms with Crippen molar-refractivity contribution in [2.45, 2.75) is 38.5 Å². The van der Waals surface area contributed by atoms with Gasteiger partial charge in [0.2, 0.25) is 0 Å². The van der Waals surface area contributed by atoms with Gasteiger partial charge in [-0.2, -0.15) is 5.10 Å². The molecule has 0 amide bonds. The van der Waals surface area contributed by atoms with E-state index in [1.54, 1.807) is 0 Å². The van der Waals surface area contributed by atoms with Crippen LogP contribution in [0.3, 0.4) is 0 Å². The second kappa shape index (κ2) is 8.07. The largest absolute Gasteiger partial charge is 0.363 e. The summed E-state index contributed by atoms with van der Waals surface area (Å²) in [7, 11) is 2.01. The van der Waals surface area contributed by atoms with Crippen LogP contribution in [0.4, 0.5) is 5.69 Å². The van der Waals surface area contributed by atoms with Gasteiger partial charge in [0, 0.05) is 47.7 Å². The summed E-state index contributed by atoms with van der Waals surface area (Å²) < 4.78 is 1.97. The molecule has 2 aliphatic rings. The zero-order valence-corrected chi connectivity index (χ0v) is 17.8. The molecule has 2 aliphatic heterocycles. The Bertz CT molecular complexity index is 946. The highest BCUT2D eigenvalue weighted by molar-refractivity contribution is 5.86. The molecule has 2 saturated heterocycles. The summed E-state index contributed by atoms with van der Waals surface area (Å²) in [6.07, 6.45) is 4.52. The van der Waals surface area contributed by atoms with Crippen molar-refractivity contribution in [1.82, 2.24) is 20.0 Å². The quantitative estimate of drug-likeness (QED) is 0.774. The van der Waals surface area contributed by atoms with Gasteiger partial charge in [-0.15, -0.1) is 0 Å². The van der Waals surface area contributed by atoms with E-state index < -0.39 is 0 Å². The van der Waals surface area contributed by atoms with Crippen molar-refractivity contribution in [3.63, 3.8) is 0 Å². The van der Waals surface area contributed by atoms with Gasteiger partial charge in [-0.25, -0.2) is 0 Å². The fraction of sp³-hybridized carbons (Fsp3) is 0.458. The molecule has 0 saturated carbocycles. The number of anilines is 1. The molecule has 3 heterocycles. The fourth-order valence-electron chi connectivity index (χ4n) is 4.53. The molecular formula is C24H33N5. The second-order valence-corrected chi connectivity index (χ2v) is 8.77. The molecule has 2 fully saturated rings. The first-order valence-electron chi connectivity index (χ1n) is 10.7. The maximum absolute atomic E-state index is 4.84. The SMILES string of the molecule is C=C1CCC(c2nn(C)c3cc(NC(=C)CN4CCC(C)CC4)ccc23)C(=C)N1. The van der Waals surface area contributed by atoms with Crippen LogP contribution in [0.5, 0.6) is 0 Å². The Balaban J connectivity index is 1.48. The molecule has 0 spiro atoms. The zero-order chi connectivity index (χ0) is 20.5. The number of aryl methyl sites for hydroxylation is 1. The van der Waals surface area contributed by atoms with E-state index in [0.29, 0.717) is 0 Å². The molecule has 1 aromatic carbocycles. The monoisotopic (exact) mass is 391 g/mol. The van der Waals surface area contributed by atoms with E-state index in [4.69, 9.17) is 5.10 Å². The number of piperidine rings is 2. The van der Waals surface area contributed by atoms with Crippen molar-refractivity contribution in [1.29, 1.82) is 0 Å². The van der Waals surface area contributed by atoms with Crippen LogP contribution < -0.4 is 10.6 Å². The van der Waals surface area contributed by atoms with Gasteiger partial charge in [-0.1, -0.05) is 26.7 Å². The second-order valence-electron chi connectivity index (χ2n) is 8.77. The molecule has 5 heteroatoms. The predicted octanol–water partition coefficient (Wildman–Crippen LogP) is 4.73. The summed E-state index contributed by atoms with van der Waals surface area (Å²) >= 11 is 0. The molecule has 1 aromatic heterocycles. The summed E-state index contributed by atoms with van der Waals surface area (Å²) in [4.78, 5) is 2.49. The van der Waals surface area contributed by atoms with Crippen LogP contribution >= 0.6 is 0 Å². The first kappa shape index (κ1) is 19.8. The standard InChI is InChI=1S/C24H33N5/c1-16-10-12-29(13-11-16)15-18(3)26-20-7-9-22-23(14-20)28(5)27-24(22)21-8-6-17(2)25-19(21)4/h7,9,14,16,21,25-26H,2-4,6,8,10-13,15H2,1,5H3. The first-order chi connectivity index (χ1) is 13.9. The van der Waals surface area contributed by atoms with Crippen LogP contribution in [-0.4, -0.2) is 34.3 Å². The average molecular weight is 392 g/mol. The Kier molecular flexibility index (Phi) is 5.50. The number of hydrogen-bond acceptors (Lipinski definition) is 4. The lowest BCUT2D eigenvalue weighted by Gasteiger charge is -2.30. The number of likely N-dealkylation sites (tertiary alicyclic amines) is 1. The lowest BCUT2D eigenvalue weighted by molar-refractivity contribution is 0.207. The van der Waals surface area contributed by atoms with Crippen molar-refractivity contribution in [2.75, 3.05) is 25.0 Å². The molecule has 0 bridgehead atoms. The lowest BCUT2D eigenvalue weighted by atomic mass is 9.90. The minimum Gasteiger partial charge on any atom is -0.363 e. The summed E-state index contributed by atoms with van der Waals surface area (Å²) in [6.45, 7) is 18.1. The molecule has 5 nitrogen and oxygen atoms in total. The fourth-order valence-corrected chi connectivity index (χ4v) is 4.53. The summed E-state index contributed by atoms with van der Waals surface area (Å²) in [5.74, 6) is 1.07. The van der Waals surface area contributed by atoms with Gasteiger partial charge in [0.15, 0.2) is 0 Å². The molecule has 0 aliphatic carbocycles. The van der Waals surface area contributed by atoms with Crippen LogP contribution in [0.25, 0.3) is 10.9 Å². The van der Waals surface area contributed by atoms with Gasteiger partial charge in [0.05, 0.1) is 11.2 Å². The lowest BCUT2D eigenvalue weighted by Crippen LogP contribution is -2.35. The van der Waals surface area contributed by atoms with E-state index in [-0.39, 0.29) is 5.92 Å². The number of allylic oxidation sites excluding steroid dienone is 2. The Hall–Kier alpha value is -2.53. The minimum atomic E-state index is 0.222. The van der Waals surface area contributed by atoms with Crippen LogP contribution in [0, 0.1) is 5.92 Å². The first-order valence-corrected chi connectivity index (χ1v) is 10.7. The highest BCUT2D eigenvalue weighted by Crippen LogP contribution is 2.36. The van der Waals surface area contributed by atoms with E-state index in [1.807, 2.05) is 11.7 Å². The van der Waals surface area contributed by atoms with Crippen LogP contribution in [-0.2, 0) is 7.05 Å². The van der Waals surface area contributed by atoms with Gasteiger partial charge >= 0.3 is 0 Å². The summed E-state index contributed by atoms with van der Waals surface area (Å²) in [5, 5.41) is 12.8. The Morgan fingerprint density at radius 2 is 2.00 bits per heavy atom. The Labute approximate surface area is 174 Å². The van der Waals surface area contributed by atoms with E-state index in [9.17, 15) is 0 Å². The number of nitrogens with one attached hydrogen (secondary N) is 2. The minimum absolute atomic E-state index is 0.222. The smallest absolute Gasteiger partial charge is 0.0792 e. The summed E-state index contributed by atoms with van der Waals surface area (Å²) in [5.41, 5.74) is 6.37. The molecule has 0 radical (unpaired) electrons. The number of rotatable bonds is 5. The molecule has 2 N–H and O–H groups in total. The number of benzene rings is 1. The van der Waals surface area contributed by atoms with Crippen LogP contribution in [0.1, 0.15) is 44.2 Å². The molecule has 154 valence electrons. The number of hydrogen-bond donors (Lipinski definition) is 2. The molecular weight excluding hydrogens is 358 g/mol. The third-order valence-corrected chi connectivity index (χ3v) is 6.31. The van der Waals surface area contributed by atoms with Crippen molar-refractivity contribution in [2.24, 2.45) is 13.0 Å². The molecule has 1 unspecified atom stereocenters. The van der Waals surface area contributed by atoms with Gasteiger partial charge in [-0.05, 0) is 62.9 Å². The maximum atomic E-state index is 4.84. The van der Waals surface area contributed by atoms with Crippen molar-refractivity contribution in [3.05, 3.63) is 60.7 Å². The van der Waals surface area contributed by atoms with Crippen molar-refractivity contribution >= 4 is 16.6 Å². The van der Waals surface area contributed by atoms with E-state index in [2.05, 4.69) is 60.4 Å². The third kappa shape index (κ3) is 4.25. The molecule has 4 rings (SSSR count). The zero-order valence-electron chi connectivity index (χ0n) is 17.8. The van der Waals surface area contributed by atoms with Crippen LogP contribution in [0.2, 0.25) is 0 Å². The van der Waals surface area contributed by atoms with E-state index in [1.165, 1.54) is 18.2 Å². The van der Waals surface area contributed by atoms with E-state index in [0.717, 1.165) is 72.4 Å². The number of aromatic nitrogens is 2. The van der Waals surface area contributed by atoms with Gasteiger partial charge in [0.25, 0.3) is 0 Å². The highest BCUT2D eigenvalue weighted by Gasteiger charge is 2.25. The van der Waals surface area contributed by atoms with Crippen LogP contribution in [0.15, 0.2) is 55.0 Å². The topological polar surface area (TPSA) is 45.1 Å². The normalized spacial score (nSPS) is 21.4. The van der Waals surface area contributed by atoms with Crippen molar-refractivity contribution in [3.8, 4) is 0 Å².